The number of ether oxygens (including phenoxy) is 2. The Morgan fingerprint density at radius 3 is 1.77 bits per heavy atom. The first-order valence-electron chi connectivity index (χ1n) is 4.51. The van der Waals surface area contributed by atoms with Gasteiger partial charge in [0.2, 0.25) is 0 Å². The van der Waals surface area contributed by atoms with Crippen molar-refractivity contribution >= 4 is 0 Å². The van der Waals surface area contributed by atoms with Gasteiger partial charge in [0.05, 0.1) is 26.4 Å². The predicted octanol–water partition coefficient (Wildman–Crippen LogP) is 2.23. The fraction of sp³-hybridized carbons (Fsp3) is 0.545. The van der Waals surface area contributed by atoms with E-state index in [9.17, 15) is 0 Å². The lowest BCUT2D eigenvalue weighted by molar-refractivity contribution is 0.0596. The van der Waals surface area contributed by atoms with Crippen LogP contribution in [-0.2, 0) is 9.47 Å². The Hall–Kier alpha value is -0.600. The summed E-state index contributed by atoms with van der Waals surface area (Å²) in [6, 6.07) is 0. The van der Waals surface area contributed by atoms with Crippen LogP contribution in [-0.4, -0.2) is 26.4 Å². The third-order valence-electron chi connectivity index (χ3n) is 1.59. The molecule has 0 aliphatic heterocycles. The van der Waals surface area contributed by atoms with Crippen molar-refractivity contribution in [3.63, 3.8) is 0 Å². The molecular weight excluding hydrogens is 164 g/mol. The molecule has 0 aromatic rings. The maximum atomic E-state index is 5.30. The zero-order valence-electron chi connectivity index (χ0n) is 8.21. The van der Waals surface area contributed by atoms with Gasteiger partial charge >= 0.3 is 0 Å². The Morgan fingerprint density at radius 2 is 1.46 bits per heavy atom. The first-order chi connectivity index (χ1) is 6.35. The summed E-state index contributed by atoms with van der Waals surface area (Å²) in [4.78, 5) is 0. The van der Waals surface area contributed by atoms with Crippen molar-refractivity contribution in [2.75, 3.05) is 26.4 Å². The molecule has 0 fully saturated rings. The van der Waals surface area contributed by atoms with E-state index < -0.39 is 0 Å². The molecule has 0 aliphatic rings. The van der Waals surface area contributed by atoms with Crippen molar-refractivity contribution in [1.82, 2.24) is 0 Å². The molecule has 0 aromatic heterocycles. The van der Waals surface area contributed by atoms with E-state index in [2.05, 4.69) is 20.1 Å². The highest BCUT2D eigenvalue weighted by atomic mass is 16.5. The molecule has 0 saturated heterocycles. The molecule has 0 spiro atoms. The largest absolute Gasteiger partial charge is 0.377 e. The quantitative estimate of drug-likeness (QED) is 0.403. The molecule has 0 aromatic carbocycles. The maximum absolute atomic E-state index is 5.30. The molecule has 0 bridgehead atoms. The number of hydrogen-bond donors (Lipinski definition) is 0. The second kappa shape index (κ2) is 9.49. The smallest absolute Gasteiger partial charge is 0.0644 e. The molecule has 0 amide bonds. The monoisotopic (exact) mass is 183 g/mol. The Balaban J connectivity index is 3.38. The average Bonchev–Trinajstić information content (AvgIpc) is 2.16. The summed E-state index contributed by atoms with van der Waals surface area (Å²) >= 11 is 0. The minimum Gasteiger partial charge on any atom is -0.377 e. The minimum atomic E-state index is 0.375. The molecule has 0 unspecified atom stereocenters. The van der Waals surface area contributed by atoms with Crippen molar-refractivity contribution in [3.8, 4) is 0 Å². The molecule has 13 heavy (non-hydrogen) atoms. The maximum Gasteiger partial charge on any atom is 0.0644 e. The summed E-state index contributed by atoms with van der Waals surface area (Å²) in [7, 11) is 0. The van der Waals surface area contributed by atoms with E-state index in [1.165, 1.54) is 0 Å². The van der Waals surface area contributed by atoms with Crippen LogP contribution in [0.15, 0.2) is 25.3 Å². The molecule has 0 rings (SSSR count). The molecular formula is C11H19O2. The third kappa shape index (κ3) is 7.75. The Labute approximate surface area is 81.2 Å². The second-order valence-corrected chi connectivity index (χ2v) is 2.81. The summed E-state index contributed by atoms with van der Waals surface area (Å²) in [6.45, 7) is 13.5. The lowest BCUT2D eigenvalue weighted by Gasteiger charge is -2.13. The van der Waals surface area contributed by atoms with Gasteiger partial charge < -0.3 is 9.47 Å². The zero-order valence-corrected chi connectivity index (χ0v) is 8.21. The van der Waals surface area contributed by atoms with Crippen LogP contribution in [0.4, 0.5) is 0 Å². The molecule has 0 N–H and O–H groups in total. The van der Waals surface area contributed by atoms with Gasteiger partial charge in [0, 0.05) is 5.92 Å². The first kappa shape index (κ1) is 12.4. The van der Waals surface area contributed by atoms with Crippen LogP contribution >= 0.6 is 0 Å². The topological polar surface area (TPSA) is 18.5 Å². The highest BCUT2D eigenvalue weighted by Gasteiger charge is 2.05. The fourth-order valence-corrected chi connectivity index (χ4v) is 0.851. The third-order valence-corrected chi connectivity index (χ3v) is 1.59. The lowest BCUT2D eigenvalue weighted by atomic mass is 10.1. The van der Waals surface area contributed by atoms with E-state index in [1.54, 1.807) is 12.2 Å². The van der Waals surface area contributed by atoms with Gasteiger partial charge in [0.25, 0.3) is 0 Å². The summed E-state index contributed by atoms with van der Waals surface area (Å²) < 4.78 is 10.6. The van der Waals surface area contributed by atoms with Gasteiger partial charge in [0.15, 0.2) is 0 Å². The zero-order chi connectivity index (χ0) is 9.94. The Kier molecular flexibility index (Phi) is 9.05. The van der Waals surface area contributed by atoms with Crippen LogP contribution in [0, 0.1) is 12.8 Å². The second-order valence-electron chi connectivity index (χ2n) is 2.81. The van der Waals surface area contributed by atoms with Crippen LogP contribution in [0.1, 0.15) is 6.42 Å². The summed E-state index contributed by atoms with van der Waals surface area (Å²) in [5.74, 6) is 0.375. The van der Waals surface area contributed by atoms with Gasteiger partial charge in [-0.3, -0.25) is 0 Å². The molecule has 2 nitrogen and oxygen atoms in total. The number of hydrogen-bond acceptors (Lipinski definition) is 2. The molecule has 75 valence electrons. The first-order valence-corrected chi connectivity index (χ1v) is 4.51. The van der Waals surface area contributed by atoms with Gasteiger partial charge in [-0.2, -0.15) is 0 Å². The standard InChI is InChI=1S/C11H19O2/c1-4-7-12-9-11(6-3)10-13-8-5-2/h4-5,11H,1-3,6-10H2. The van der Waals surface area contributed by atoms with Gasteiger partial charge in [-0.15, -0.1) is 13.2 Å². The molecule has 0 heterocycles. The van der Waals surface area contributed by atoms with Crippen molar-refractivity contribution < 1.29 is 9.47 Å². The van der Waals surface area contributed by atoms with Crippen LogP contribution in [0.3, 0.4) is 0 Å². The molecule has 0 saturated carbocycles. The van der Waals surface area contributed by atoms with E-state index in [0.29, 0.717) is 32.3 Å². The predicted molar refractivity (Wildman–Crippen MR) is 55.5 cm³/mol. The average molecular weight is 183 g/mol. The van der Waals surface area contributed by atoms with E-state index in [4.69, 9.17) is 9.47 Å². The van der Waals surface area contributed by atoms with Gasteiger partial charge in [-0.25, -0.2) is 0 Å². The normalized spacial score (nSPS) is 10.3. The van der Waals surface area contributed by atoms with Gasteiger partial charge in [-0.05, 0) is 6.42 Å². The molecule has 2 heteroatoms. The van der Waals surface area contributed by atoms with Crippen molar-refractivity contribution in [2.24, 2.45) is 5.92 Å². The van der Waals surface area contributed by atoms with Gasteiger partial charge in [0.1, 0.15) is 0 Å². The summed E-state index contributed by atoms with van der Waals surface area (Å²) in [5.41, 5.74) is 0. The van der Waals surface area contributed by atoms with E-state index >= 15 is 0 Å². The lowest BCUT2D eigenvalue weighted by Crippen LogP contribution is -2.15. The van der Waals surface area contributed by atoms with E-state index in [1.807, 2.05) is 0 Å². The SMILES string of the molecule is [CH2]CC(COCC=C)COCC=C. The van der Waals surface area contributed by atoms with Crippen LogP contribution in [0.2, 0.25) is 0 Å². The Bertz CT molecular complexity index is 118. The van der Waals surface area contributed by atoms with Crippen molar-refractivity contribution in [1.29, 1.82) is 0 Å². The van der Waals surface area contributed by atoms with E-state index in [0.717, 1.165) is 6.42 Å². The summed E-state index contributed by atoms with van der Waals surface area (Å²) in [5, 5.41) is 0. The summed E-state index contributed by atoms with van der Waals surface area (Å²) in [6.07, 6.45) is 4.31. The van der Waals surface area contributed by atoms with E-state index in [-0.39, 0.29) is 0 Å². The minimum absolute atomic E-state index is 0.375. The number of rotatable bonds is 9. The fourth-order valence-electron chi connectivity index (χ4n) is 0.851. The van der Waals surface area contributed by atoms with Crippen LogP contribution in [0.5, 0.6) is 0 Å². The van der Waals surface area contributed by atoms with Crippen molar-refractivity contribution in [2.45, 2.75) is 6.42 Å². The molecule has 0 aliphatic carbocycles. The molecule has 1 radical (unpaired) electrons. The highest BCUT2D eigenvalue weighted by molar-refractivity contribution is 4.67. The van der Waals surface area contributed by atoms with Crippen molar-refractivity contribution in [3.05, 3.63) is 32.2 Å². The highest BCUT2D eigenvalue weighted by Crippen LogP contribution is 2.03. The van der Waals surface area contributed by atoms with Crippen LogP contribution in [0.25, 0.3) is 0 Å². The van der Waals surface area contributed by atoms with Crippen LogP contribution < -0.4 is 0 Å². The van der Waals surface area contributed by atoms with Gasteiger partial charge in [-0.1, -0.05) is 19.1 Å². The Morgan fingerprint density at radius 1 is 1.00 bits per heavy atom. The molecule has 0 atom stereocenters.